The molecule has 0 saturated carbocycles. The molecule has 0 bridgehead atoms. The number of aryl methyl sites for hydroxylation is 1. The van der Waals surface area contributed by atoms with Gasteiger partial charge in [0.05, 0.1) is 5.69 Å². The van der Waals surface area contributed by atoms with E-state index < -0.39 is 0 Å². The fourth-order valence-corrected chi connectivity index (χ4v) is 2.66. The summed E-state index contributed by atoms with van der Waals surface area (Å²) in [6.45, 7) is 1.99. The summed E-state index contributed by atoms with van der Waals surface area (Å²) in [4.78, 5) is 19.2. The highest BCUT2D eigenvalue weighted by Crippen LogP contribution is 2.19. The smallest absolute Gasteiger partial charge is 0.254 e. The van der Waals surface area contributed by atoms with E-state index >= 15 is 0 Å². The Hall–Kier alpha value is -1.03. The van der Waals surface area contributed by atoms with Crippen molar-refractivity contribution in [1.29, 1.82) is 0 Å². The van der Waals surface area contributed by atoms with Gasteiger partial charge in [-0.3, -0.25) is 4.79 Å². The molecule has 1 aromatic heterocycles. The van der Waals surface area contributed by atoms with E-state index in [1.807, 2.05) is 13.0 Å². The van der Waals surface area contributed by atoms with E-state index in [4.69, 9.17) is 0 Å². The topological polar surface area (TPSA) is 45.8 Å². The second kappa shape index (κ2) is 5.34. The number of nitrogens with zero attached hydrogens (tertiary/aromatic N) is 1. The molecule has 4 heteroatoms. The van der Waals surface area contributed by atoms with Gasteiger partial charge in [0.25, 0.3) is 5.56 Å². The first-order chi connectivity index (χ1) is 7.81. The van der Waals surface area contributed by atoms with Crippen LogP contribution in [0.25, 0.3) is 0 Å². The molecule has 1 heterocycles. The van der Waals surface area contributed by atoms with Crippen molar-refractivity contribution in [3.8, 4) is 0 Å². The molecule has 0 radical (unpaired) electrons. The number of aromatic amines is 1. The third-order valence-corrected chi connectivity index (χ3v) is 3.55. The summed E-state index contributed by atoms with van der Waals surface area (Å²) in [7, 11) is 0. The van der Waals surface area contributed by atoms with Gasteiger partial charge in [-0.25, -0.2) is 4.98 Å². The molecule has 1 aromatic rings. The van der Waals surface area contributed by atoms with Crippen molar-refractivity contribution in [2.75, 3.05) is 5.75 Å². The average Bonchev–Trinajstić information content (AvgIpc) is 2.30. The monoisotopic (exact) mass is 236 g/mol. The molecule has 1 N–H and O–H groups in total. The van der Waals surface area contributed by atoms with Crippen molar-refractivity contribution in [3.63, 3.8) is 0 Å². The number of H-pyrrole nitrogens is 1. The van der Waals surface area contributed by atoms with Gasteiger partial charge in [0.1, 0.15) is 0 Å². The van der Waals surface area contributed by atoms with Crippen molar-refractivity contribution in [2.45, 2.75) is 37.8 Å². The minimum absolute atomic E-state index is 0.0627. The lowest BCUT2D eigenvalue weighted by Crippen LogP contribution is -2.21. The molecule has 0 fully saturated rings. The first-order valence-electron chi connectivity index (χ1n) is 5.67. The fraction of sp³-hybridized carbons (Fsp3) is 0.500. The molecule has 1 aliphatic rings. The van der Waals surface area contributed by atoms with Crippen LogP contribution in [0.4, 0.5) is 0 Å². The van der Waals surface area contributed by atoms with Crippen molar-refractivity contribution in [1.82, 2.24) is 9.97 Å². The number of allylic oxidation sites excluding steroid dienone is 1. The van der Waals surface area contributed by atoms with E-state index in [2.05, 4.69) is 16.0 Å². The number of hydrogen-bond acceptors (Lipinski definition) is 3. The Balaban J connectivity index is 2.21. The van der Waals surface area contributed by atoms with Crippen LogP contribution in [-0.2, 0) is 12.8 Å². The molecular weight excluding hydrogens is 220 g/mol. The van der Waals surface area contributed by atoms with E-state index in [0.29, 0.717) is 0 Å². The van der Waals surface area contributed by atoms with Gasteiger partial charge in [0.15, 0.2) is 5.16 Å². The number of rotatable bonds is 3. The SMILES string of the molecule is C/C=C\CSc1nc2c(c(=O)[nH]1)CCCC2. The number of nitrogens with one attached hydrogen (secondary N) is 1. The van der Waals surface area contributed by atoms with E-state index in [9.17, 15) is 4.79 Å². The number of hydrogen-bond donors (Lipinski definition) is 1. The zero-order valence-corrected chi connectivity index (χ0v) is 10.3. The molecule has 0 aromatic carbocycles. The van der Waals surface area contributed by atoms with Gasteiger partial charge >= 0.3 is 0 Å². The summed E-state index contributed by atoms with van der Waals surface area (Å²) in [5, 5.41) is 0.753. The summed E-state index contributed by atoms with van der Waals surface area (Å²) >= 11 is 1.58. The maximum Gasteiger partial charge on any atom is 0.254 e. The fourth-order valence-electron chi connectivity index (χ4n) is 1.87. The van der Waals surface area contributed by atoms with Gasteiger partial charge in [-0.2, -0.15) is 0 Å². The summed E-state index contributed by atoms with van der Waals surface area (Å²) in [6.07, 6.45) is 8.17. The number of fused-ring (bicyclic) bond motifs is 1. The van der Waals surface area contributed by atoms with E-state index in [1.165, 1.54) is 0 Å². The van der Waals surface area contributed by atoms with Gasteiger partial charge in [-0.05, 0) is 32.6 Å². The molecule has 0 atom stereocenters. The van der Waals surface area contributed by atoms with Crippen LogP contribution < -0.4 is 5.56 Å². The van der Waals surface area contributed by atoms with Gasteiger partial charge in [0.2, 0.25) is 0 Å². The Morgan fingerprint density at radius 2 is 2.25 bits per heavy atom. The van der Waals surface area contributed by atoms with Crippen LogP contribution in [0, 0.1) is 0 Å². The summed E-state index contributed by atoms with van der Waals surface area (Å²) in [5.74, 6) is 0.859. The molecule has 0 amide bonds. The molecule has 0 unspecified atom stereocenters. The van der Waals surface area contributed by atoms with Crippen molar-refractivity contribution in [2.24, 2.45) is 0 Å². The van der Waals surface area contributed by atoms with Crippen molar-refractivity contribution in [3.05, 3.63) is 33.8 Å². The maximum absolute atomic E-state index is 11.8. The lowest BCUT2D eigenvalue weighted by molar-refractivity contribution is 0.641. The van der Waals surface area contributed by atoms with Crippen LogP contribution in [0.15, 0.2) is 22.1 Å². The maximum atomic E-state index is 11.8. The molecule has 0 saturated heterocycles. The Bertz CT molecular complexity index is 451. The first kappa shape index (κ1) is 11.5. The first-order valence-corrected chi connectivity index (χ1v) is 6.66. The highest BCUT2D eigenvalue weighted by Gasteiger charge is 2.15. The Kier molecular flexibility index (Phi) is 3.83. The minimum atomic E-state index is 0.0627. The zero-order valence-electron chi connectivity index (χ0n) is 9.45. The minimum Gasteiger partial charge on any atom is -0.301 e. The molecule has 2 rings (SSSR count). The van der Waals surface area contributed by atoms with Gasteiger partial charge in [-0.1, -0.05) is 23.9 Å². The molecule has 86 valence electrons. The highest BCUT2D eigenvalue weighted by atomic mass is 32.2. The lowest BCUT2D eigenvalue weighted by atomic mass is 9.97. The van der Waals surface area contributed by atoms with Crippen LogP contribution in [0.1, 0.15) is 31.0 Å². The van der Waals surface area contributed by atoms with Crippen molar-refractivity contribution >= 4 is 11.8 Å². The van der Waals surface area contributed by atoms with Crippen LogP contribution in [0.2, 0.25) is 0 Å². The van der Waals surface area contributed by atoms with Gasteiger partial charge < -0.3 is 4.98 Å². The summed E-state index contributed by atoms with van der Waals surface area (Å²) in [6, 6.07) is 0. The number of thioether (sulfide) groups is 1. The molecular formula is C12H16N2OS. The van der Waals surface area contributed by atoms with Crippen LogP contribution >= 0.6 is 11.8 Å². The average molecular weight is 236 g/mol. The normalized spacial score (nSPS) is 15.3. The zero-order chi connectivity index (χ0) is 11.4. The van der Waals surface area contributed by atoms with Crippen molar-refractivity contribution < 1.29 is 0 Å². The summed E-state index contributed by atoms with van der Waals surface area (Å²) in [5.41, 5.74) is 1.98. The molecule has 16 heavy (non-hydrogen) atoms. The number of aromatic nitrogens is 2. The Morgan fingerprint density at radius 3 is 3.06 bits per heavy atom. The lowest BCUT2D eigenvalue weighted by Gasteiger charge is -2.13. The molecule has 0 aliphatic heterocycles. The largest absolute Gasteiger partial charge is 0.301 e. The van der Waals surface area contributed by atoms with E-state index in [0.717, 1.165) is 47.8 Å². The Labute approximate surface area is 99.4 Å². The molecule has 0 spiro atoms. The van der Waals surface area contributed by atoms with Crippen LogP contribution in [0.5, 0.6) is 0 Å². The van der Waals surface area contributed by atoms with E-state index in [1.54, 1.807) is 11.8 Å². The molecule has 1 aliphatic carbocycles. The standard InChI is InChI=1S/C12H16N2OS/c1-2-3-8-16-12-13-10-7-5-4-6-9(10)11(15)14-12/h2-3H,4-8H2,1H3,(H,13,14,15)/b3-2-. The second-order valence-corrected chi connectivity index (χ2v) is 4.89. The quantitative estimate of drug-likeness (QED) is 0.497. The van der Waals surface area contributed by atoms with Gasteiger partial charge in [-0.15, -0.1) is 0 Å². The predicted molar refractivity (Wildman–Crippen MR) is 67.0 cm³/mol. The molecule has 3 nitrogen and oxygen atoms in total. The van der Waals surface area contributed by atoms with Crippen LogP contribution in [0.3, 0.4) is 0 Å². The predicted octanol–water partition coefficient (Wildman–Crippen LogP) is 2.32. The third-order valence-electron chi connectivity index (χ3n) is 2.72. The van der Waals surface area contributed by atoms with Crippen LogP contribution in [-0.4, -0.2) is 15.7 Å². The Morgan fingerprint density at radius 1 is 1.44 bits per heavy atom. The van der Waals surface area contributed by atoms with Gasteiger partial charge in [0, 0.05) is 11.3 Å². The third kappa shape index (κ3) is 2.55. The van der Waals surface area contributed by atoms with E-state index in [-0.39, 0.29) is 5.56 Å². The highest BCUT2D eigenvalue weighted by molar-refractivity contribution is 7.99. The summed E-state index contributed by atoms with van der Waals surface area (Å²) < 4.78 is 0. The second-order valence-electron chi connectivity index (χ2n) is 3.88.